The zero-order valence-corrected chi connectivity index (χ0v) is 21.5. The molecule has 0 radical (unpaired) electrons. The minimum absolute atomic E-state index is 0.207. The number of rotatable bonds is 6. The van der Waals surface area contributed by atoms with Crippen LogP contribution < -0.4 is 19.7 Å². The second-order valence-electron chi connectivity index (χ2n) is 8.25. The largest absolute Gasteiger partial charge is 0.378 e. The van der Waals surface area contributed by atoms with Crippen molar-refractivity contribution in [3.8, 4) is 11.8 Å². The smallest absolute Gasteiger partial charge is 0.269 e. The van der Waals surface area contributed by atoms with Gasteiger partial charge in [-0.15, -0.1) is 28.1 Å². The van der Waals surface area contributed by atoms with Gasteiger partial charge in [-0.3, -0.25) is 13.9 Å². The summed E-state index contributed by atoms with van der Waals surface area (Å²) in [6.07, 6.45) is 3.43. The molecular formula is C27H23ClN6O2S. The Balaban J connectivity index is 1.77. The number of anilines is 1. The van der Waals surface area contributed by atoms with E-state index in [2.05, 4.69) is 27.7 Å². The average Bonchev–Trinajstić information content (AvgIpc) is 3.50. The zero-order chi connectivity index (χ0) is 25.8. The molecule has 2 aromatic heterocycles. The van der Waals surface area contributed by atoms with Crippen LogP contribution in [-0.2, 0) is 11.3 Å². The fourth-order valence-electron chi connectivity index (χ4n) is 4.12. The first-order valence-electron chi connectivity index (χ1n) is 11.7. The molecule has 2 aromatic carbocycles. The lowest BCUT2D eigenvalue weighted by atomic mass is 10.2. The van der Waals surface area contributed by atoms with Gasteiger partial charge in [0.1, 0.15) is 16.3 Å². The second-order valence-corrected chi connectivity index (χ2v) is 9.72. The zero-order valence-electron chi connectivity index (χ0n) is 19.9. The van der Waals surface area contributed by atoms with E-state index in [-0.39, 0.29) is 17.7 Å². The number of nitrogens with zero attached hydrogens (tertiary/aromatic N) is 6. The summed E-state index contributed by atoms with van der Waals surface area (Å²) >= 11 is 7.26. The number of benzene rings is 2. The van der Waals surface area contributed by atoms with Gasteiger partial charge in [0.15, 0.2) is 5.82 Å². The van der Waals surface area contributed by atoms with Gasteiger partial charge in [-0.05, 0) is 35.9 Å². The van der Waals surface area contributed by atoms with Crippen LogP contribution in [0.5, 0.6) is 0 Å². The Morgan fingerprint density at radius 1 is 1.14 bits per heavy atom. The number of hydrogen-bond donors (Lipinski definition) is 0. The van der Waals surface area contributed by atoms with Gasteiger partial charge >= 0.3 is 0 Å². The Kier molecular flexibility index (Phi) is 7.32. The number of halogens is 1. The van der Waals surface area contributed by atoms with Crippen LogP contribution in [0.3, 0.4) is 0 Å². The highest BCUT2D eigenvalue weighted by atomic mass is 35.5. The van der Waals surface area contributed by atoms with E-state index in [0.29, 0.717) is 52.3 Å². The Morgan fingerprint density at radius 2 is 1.86 bits per heavy atom. The predicted molar refractivity (Wildman–Crippen MR) is 146 cm³/mol. The van der Waals surface area contributed by atoms with Crippen molar-refractivity contribution in [2.24, 2.45) is 0 Å². The van der Waals surface area contributed by atoms with Crippen LogP contribution in [0, 0.1) is 11.3 Å². The van der Waals surface area contributed by atoms with Gasteiger partial charge in [0.05, 0.1) is 23.4 Å². The lowest BCUT2D eigenvalue weighted by Gasteiger charge is -2.28. The Bertz CT molecular complexity index is 1640. The van der Waals surface area contributed by atoms with E-state index >= 15 is 0 Å². The number of hydrogen-bond acceptors (Lipinski definition) is 7. The molecule has 0 saturated carbocycles. The standard InChI is InChI=1S/C27H23ClN6O2S/c1-2-12-33-25(35)23(17-19-8-10-20(28)11-9-19)37-26(33)22(18-29)24-30-31-27(32-13-15-36-16-14-32)34(24)21-6-4-3-5-7-21/h2-11,17H,1,12-16H2/b23-17-,26-22+. The first-order chi connectivity index (χ1) is 18.1. The molecule has 10 heteroatoms. The predicted octanol–water partition coefficient (Wildman–Crippen LogP) is 2.72. The van der Waals surface area contributed by atoms with Crippen LogP contribution in [0.15, 0.2) is 72.0 Å². The summed E-state index contributed by atoms with van der Waals surface area (Å²) in [6.45, 7) is 6.54. The van der Waals surface area contributed by atoms with Gasteiger partial charge in [-0.1, -0.05) is 48.0 Å². The molecule has 3 heterocycles. The van der Waals surface area contributed by atoms with Gasteiger partial charge in [-0.2, -0.15) is 5.26 Å². The second kappa shape index (κ2) is 11.0. The van der Waals surface area contributed by atoms with Crippen molar-refractivity contribution in [3.05, 3.63) is 103 Å². The molecule has 0 spiro atoms. The third kappa shape index (κ3) is 5.00. The molecule has 1 saturated heterocycles. The van der Waals surface area contributed by atoms with Crippen LogP contribution in [0.1, 0.15) is 11.4 Å². The Morgan fingerprint density at radius 3 is 2.54 bits per heavy atom. The topological polar surface area (TPSA) is 89.0 Å². The molecule has 1 fully saturated rings. The van der Waals surface area contributed by atoms with Crippen molar-refractivity contribution in [2.45, 2.75) is 6.54 Å². The van der Waals surface area contributed by atoms with E-state index in [1.165, 1.54) is 11.3 Å². The maximum atomic E-state index is 13.4. The van der Waals surface area contributed by atoms with Crippen molar-refractivity contribution >= 4 is 40.5 Å². The summed E-state index contributed by atoms with van der Waals surface area (Å²) in [5.41, 5.74) is 1.71. The molecule has 4 aromatic rings. The molecule has 0 bridgehead atoms. The minimum Gasteiger partial charge on any atom is -0.378 e. The number of para-hydroxylation sites is 1. The average molecular weight is 531 g/mol. The van der Waals surface area contributed by atoms with Crippen LogP contribution in [-0.4, -0.2) is 45.6 Å². The fraction of sp³-hybridized carbons (Fsp3) is 0.185. The number of ether oxygens (including phenoxy) is 1. The summed E-state index contributed by atoms with van der Waals surface area (Å²) < 4.78 is 9.92. The summed E-state index contributed by atoms with van der Waals surface area (Å²) in [4.78, 5) is 15.5. The maximum Gasteiger partial charge on any atom is 0.269 e. The van der Waals surface area contributed by atoms with Crippen LogP contribution in [0.25, 0.3) is 17.3 Å². The van der Waals surface area contributed by atoms with Crippen molar-refractivity contribution in [1.82, 2.24) is 19.3 Å². The number of thiazole rings is 1. The fourth-order valence-corrected chi connectivity index (χ4v) is 5.36. The lowest BCUT2D eigenvalue weighted by molar-refractivity contribution is 0.122. The van der Waals surface area contributed by atoms with Gasteiger partial charge in [0, 0.05) is 24.7 Å². The van der Waals surface area contributed by atoms with Crippen molar-refractivity contribution in [1.29, 1.82) is 5.26 Å². The number of aromatic nitrogens is 4. The van der Waals surface area contributed by atoms with E-state index in [1.54, 1.807) is 28.9 Å². The van der Waals surface area contributed by atoms with Gasteiger partial charge < -0.3 is 9.64 Å². The Hall–Kier alpha value is -3.97. The third-order valence-electron chi connectivity index (χ3n) is 5.89. The molecule has 0 aliphatic carbocycles. The Labute approximate surface area is 222 Å². The van der Waals surface area contributed by atoms with E-state index in [4.69, 9.17) is 16.3 Å². The van der Waals surface area contributed by atoms with E-state index in [0.717, 1.165) is 11.3 Å². The highest BCUT2D eigenvalue weighted by molar-refractivity contribution is 7.07. The minimum atomic E-state index is -0.207. The number of morpholine rings is 1. The van der Waals surface area contributed by atoms with E-state index in [1.807, 2.05) is 47.0 Å². The summed E-state index contributed by atoms with van der Waals surface area (Å²) in [7, 11) is 0. The molecule has 0 unspecified atom stereocenters. The van der Waals surface area contributed by atoms with Crippen LogP contribution in [0.4, 0.5) is 5.95 Å². The highest BCUT2D eigenvalue weighted by Gasteiger charge is 2.25. The van der Waals surface area contributed by atoms with Crippen molar-refractivity contribution in [2.75, 3.05) is 31.2 Å². The lowest BCUT2D eigenvalue weighted by Crippen LogP contribution is -2.38. The van der Waals surface area contributed by atoms with Crippen LogP contribution >= 0.6 is 22.9 Å². The summed E-state index contributed by atoms with van der Waals surface area (Å²) in [5.74, 6) is 0.992. The first kappa shape index (κ1) is 24.7. The van der Waals surface area contributed by atoms with Gasteiger partial charge in [0.2, 0.25) is 5.95 Å². The first-order valence-corrected chi connectivity index (χ1v) is 12.9. The van der Waals surface area contributed by atoms with Crippen molar-refractivity contribution < 1.29 is 4.74 Å². The van der Waals surface area contributed by atoms with Gasteiger partial charge in [0.25, 0.3) is 5.56 Å². The molecule has 0 atom stereocenters. The van der Waals surface area contributed by atoms with Crippen LogP contribution in [0.2, 0.25) is 5.02 Å². The molecular weight excluding hydrogens is 508 g/mol. The molecule has 5 rings (SSSR count). The molecule has 186 valence electrons. The molecule has 37 heavy (non-hydrogen) atoms. The van der Waals surface area contributed by atoms with Crippen molar-refractivity contribution in [3.63, 3.8) is 0 Å². The number of allylic oxidation sites excluding steroid dienone is 1. The highest BCUT2D eigenvalue weighted by Crippen LogP contribution is 2.24. The molecule has 0 N–H and O–H groups in total. The summed E-state index contributed by atoms with van der Waals surface area (Å²) in [5, 5.41) is 19.9. The van der Waals surface area contributed by atoms with E-state index in [9.17, 15) is 10.1 Å². The molecule has 1 aliphatic rings. The third-order valence-corrected chi connectivity index (χ3v) is 7.27. The molecule has 8 nitrogen and oxygen atoms in total. The quantitative estimate of drug-likeness (QED) is 0.356. The number of nitriles is 1. The SMILES string of the molecule is C=CCn1c(=O)/c(=C/c2ccc(Cl)cc2)s/c1=C(\C#N)c1nnc(N2CCOCC2)n1-c1ccccc1. The maximum absolute atomic E-state index is 13.4. The summed E-state index contributed by atoms with van der Waals surface area (Å²) in [6, 6.07) is 19.2. The monoisotopic (exact) mass is 530 g/mol. The van der Waals surface area contributed by atoms with E-state index < -0.39 is 0 Å². The molecule has 1 aliphatic heterocycles. The molecule has 0 amide bonds. The van der Waals surface area contributed by atoms with Gasteiger partial charge in [-0.25, -0.2) is 0 Å². The normalized spacial score (nSPS) is 14.9.